The van der Waals surface area contributed by atoms with Crippen molar-refractivity contribution in [1.82, 2.24) is 0 Å². The Kier molecular flexibility index (Phi) is 3.73. The van der Waals surface area contributed by atoms with Gasteiger partial charge >= 0.3 is 0 Å². The number of aromatic hydroxyl groups is 1. The predicted molar refractivity (Wildman–Crippen MR) is 98.7 cm³/mol. The van der Waals surface area contributed by atoms with Crippen molar-refractivity contribution in [2.45, 2.75) is 13.0 Å². The van der Waals surface area contributed by atoms with Crippen LogP contribution in [0.2, 0.25) is 0 Å². The van der Waals surface area contributed by atoms with Crippen LogP contribution in [0.25, 0.3) is 10.8 Å². The number of rotatable bonds is 2. The number of fused-ring (bicyclic) bond motifs is 2. The van der Waals surface area contributed by atoms with Crippen LogP contribution < -0.4 is 15.4 Å². The monoisotopic (exact) mass is 348 g/mol. The van der Waals surface area contributed by atoms with Crippen LogP contribution in [0.5, 0.6) is 11.5 Å². The highest BCUT2D eigenvalue weighted by Gasteiger charge is 2.24. The zero-order chi connectivity index (χ0) is 18.3. The lowest BCUT2D eigenvalue weighted by Gasteiger charge is -2.23. The fourth-order valence-corrected chi connectivity index (χ4v) is 2.90. The zero-order valence-corrected chi connectivity index (χ0v) is 13.9. The number of nitrogens with one attached hydrogen (secondary N) is 2. The molecule has 1 aliphatic heterocycles. The third kappa shape index (κ3) is 2.82. The number of carbonyl (C=O) groups excluding carboxylic acids is 2. The number of benzene rings is 3. The number of carbonyl (C=O) groups is 2. The number of phenolic OH excluding ortho intramolecular Hbond substituents is 1. The minimum Gasteiger partial charge on any atom is -0.507 e. The molecular weight excluding hydrogens is 332 g/mol. The lowest BCUT2D eigenvalue weighted by Crippen LogP contribution is -2.34. The Labute approximate surface area is 149 Å². The van der Waals surface area contributed by atoms with Gasteiger partial charge in [0.25, 0.3) is 11.8 Å². The summed E-state index contributed by atoms with van der Waals surface area (Å²) >= 11 is 0. The lowest BCUT2D eigenvalue weighted by atomic mass is 10.1. The van der Waals surface area contributed by atoms with Crippen LogP contribution in [-0.4, -0.2) is 23.0 Å². The first-order valence-electron chi connectivity index (χ1n) is 8.16. The molecule has 1 unspecified atom stereocenters. The van der Waals surface area contributed by atoms with Gasteiger partial charge in [-0.2, -0.15) is 0 Å². The highest BCUT2D eigenvalue weighted by atomic mass is 16.5. The Morgan fingerprint density at radius 1 is 1.12 bits per heavy atom. The number of phenols is 1. The second-order valence-corrected chi connectivity index (χ2v) is 6.13. The van der Waals surface area contributed by atoms with E-state index in [9.17, 15) is 14.7 Å². The number of hydrogen-bond donors (Lipinski definition) is 3. The van der Waals surface area contributed by atoms with E-state index < -0.39 is 12.0 Å². The molecule has 1 aliphatic rings. The van der Waals surface area contributed by atoms with Crippen LogP contribution in [0.3, 0.4) is 0 Å². The first-order valence-corrected chi connectivity index (χ1v) is 8.16. The summed E-state index contributed by atoms with van der Waals surface area (Å²) < 4.78 is 5.49. The average molecular weight is 348 g/mol. The molecule has 6 heteroatoms. The third-order valence-electron chi connectivity index (χ3n) is 4.28. The molecular formula is C20H16N2O4. The minimum atomic E-state index is -0.558. The van der Waals surface area contributed by atoms with Crippen molar-refractivity contribution in [3.63, 3.8) is 0 Å². The van der Waals surface area contributed by atoms with Gasteiger partial charge < -0.3 is 20.5 Å². The summed E-state index contributed by atoms with van der Waals surface area (Å²) in [5.41, 5.74) is 1.16. The molecule has 0 fully saturated rings. The van der Waals surface area contributed by atoms with E-state index in [4.69, 9.17) is 4.74 Å². The van der Waals surface area contributed by atoms with Crippen LogP contribution >= 0.6 is 0 Å². The third-order valence-corrected chi connectivity index (χ3v) is 4.28. The van der Waals surface area contributed by atoms with Crippen molar-refractivity contribution in [2.24, 2.45) is 0 Å². The van der Waals surface area contributed by atoms with Gasteiger partial charge in [-0.1, -0.05) is 24.3 Å². The molecule has 130 valence electrons. The molecule has 1 atom stereocenters. The highest BCUT2D eigenvalue weighted by Crippen LogP contribution is 2.33. The van der Waals surface area contributed by atoms with E-state index in [0.717, 1.165) is 10.8 Å². The average Bonchev–Trinajstić information content (AvgIpc) is 2.62. The predicted octanol–water partition coefficient (Wildman–Crippen LogP) is 3.52. The summed E-state index contributed by atoms with van der Waals surface area (Å²) in [7, 11) is 0. The van der Waals surface area contributed by atoms with Gasteiger partial charge in [-0.25, -0.2) is 0 Å². The van der Waals surface area contributed by atoms with Crippen molar-refractivity contribution in [2.75, 3.05) is 10.6 Å². The minimum absolute atomic E-state index is 0.0929. The Hall–Kier alpha value is -3.54. The van der Waals surface area contributed by atoms with E-state index in [0.29, 0.717) is 17.1 Å². The van der Waals surface area contributed by atoms with E-state index in [1.807, 2.05) is 24.3 Å². The number of ether oxygens (including phenoxy) is 1. The molecule has 3 aromatic carbocycles. The molecule has 1 heterocycles. The lowest BCUT2D eigenvalue weighted by molar-refractivity contribution is -0.122. The van der Waals surface area contributed by atoms with Crippen molar-refractivity contribution in [3.8, 4) is 11.5 Å². The molecule has 0 saturated heterocycles. The van der Waals surface area contributed by atoms with E-state index in [-0.39, 0.29) is 17.2 Å². The van der Waals surface area contributed by atoms with Gasteiger partial charge in [0.15, 0.2) is 6.10 Å². The van der Waals surface area contributed by atoms with Crippen molar-refractivity contribution in [3.05, 3.63) is 60.2 Å². The summed E-state index contributed by atoms with van der Waals surface area (Å²) in [6.07, 6.45) is -0.558. The molecule has 0 spiro atoms. The van der Waals surface area contributed by atoms with Crippen LogP contribution in [0.1, 0.15) is 17.3 Å². The van der Waals surface area contributed by atoms with Crippen molar-refractivity contribution >= 4 is 34.0 Å². The molecule has 3 aromatic rings. The van der Waals surface area contributed by atoms with Crippen LogP contribution in [0.4, 0.5) is 11.4 Å². The van der Waals surface area contributed by atoms with E-state index >= 15 is 0 Å². The second-order valence-electron chi connectivity index (χ2n) is 6.13. The van der Waals surface area contributed by atoms with E-state index in [1.165, 1.54) is 0 Å². The Morgan fingerprint density at radius 3 is 2.62 bits per heavy atom. The van der Waals surface area contributed by atoms with Gasteiger partial charge in [-0.15, -0.1) is 0 Å². The number of hydrogen-bond acceptors (Lipinski definition) is 4. The van der Waals surface area contributed by atoms with Crippen LogP contribution in [0, 0.1) is 0 Å². The molecule has 0 aliphatic carbocycles. The molecule has 4 rings (SSSR count). The van der Waals surface area contributed by atoms with Gasteiger partial charge in [0.05, 0.1) is 11.3 Å². The smallest absolute Gasteiger partial charge is 0.265 e. The Balaban J connectivity index is 1.62. The van der Waals surface area contributed by atoms with Crippen LogP contribution in [-0.2, 0) is 4.79 Å². The van der Waals surface area contributed by atoms with E-state index in [1.54, 1.807) is 37.3 Å². The Morgan fingerprint density at radius 2 is 1.85 bits per heavy atom. The van der Waals surface area contributed by atoms with Gasteiger partial charge in [0.1, 0.15) is 11.5 Å². The van der Waals surface area contributed by atoms with Crippen LogP contribution in [0.15, 0.2) is 54.6 Å². The summed E-state index contributed by atoms with van der Waals surface area (Å²) in [6, 6.07) is 15.7. The van der Waals surface area contributed by atoms with Gasteiger partial charge in [-0.05, 0) is 48.0 Å². The second kappa shape index (κ2) is 6.07. The summed E-state index contributed by atoms with van der Waals surface area (Å²) in [5.74, 6) is -0.231. The standard InChI is InChI=1S/C20H16N2O4/c1-11-19(24)22-16-10-14(6-7-18(16)26-11)21-20(25)15-8-12-4-2-3-5-13(12)9-17(15)23/h2-11,23H,1H3,(H,21,25)(H,22,24). The number of anilines is 2. The van der Waals surface area contributed by atoms with Crippen molar-refractivity contribution in [1.29, 1.82) is 0 Å². The maximum absolute atomic E-state index is 12.6. The summed E-state index contributed by atoms with van der Waals surface area (Å²) in [4.78, 5) is 24.3. The first kappa shape index (κ1) is 16.0. The maximum atomic E-state index is 12.6. The molecule has 0 aromatic heterocycles. The largest absolute Gasteiger partial charge is 0.507 e. The fraction of sp³-hybridized carbons (Fsp3) is 0.100. The van der Waals surface area contributed by atoms with Gasteiger partial charge in [0.2, 0.25) is 0 Å². The zero-order valence-electron chi connectivity index (χ0n) is 13.9. The molecule has 6 nitrogen and oxygen atoms in total. The maximum Gasteiger partial charge on any atom is 0.265 e. The summed E-state index contributed by atoms with van der Waals surface area (Å²) in [6.45, 7) is 1.66. The first-order chi connectivity index (χ1) is 12.5. The SMILES string of the molecule is CC1Oc2ccc(NC(=O)c3cc4ccccc4cc3O)cc2NC1=O. The topological polar surface area (TPSA) is 87.7 Å². The molecule has 0 radical (unpaired) electrons. The van der Waals surface area contributed by atoms with Gasteiger partial charge in [0, 0.05) is 5.69 Å². The van der Waals surface area contributed by atoms with Gasteiger partial charge in [-0.3, -0.25) is 9.59 Å². The molecule has 0 bridgehead atoms. The van der Waals surface area contributed by atoms with Crippen molar-refractivity contribution < 1.29 is 19.4 Å². The highest BCUT2D eigenvalue weighted by molar-refractivity contribution is 6.09. The Bertz CT molecular complexity index is 1050. The molecule has 0 saturated carbocycles. The van der Waals surface area contributed by atoms with E-state index in [2.05, 4.69) is 10.6 Å². The summed E-state index contributed by atoms with van der Waals surface area (Å²) in [5, 5.41) is 17.4. The fourth-order valence-electron chi connectivity index (χ4n) is 2.90. The molecule has 3 N–H and O–H groups in total. The number of amides is 2. The molecule has 2 amide bonds. The normalized spacial score (nSPS) is 15.7. The quantitative estimate of drug-likeness (QED) is 0.661. The molecule has 26 heavy (non-hydrogen) atoms.